The average molecular weight is 410 g/mol. The number of nitrogens with one attached hydrogen (secondary N) is 1. The van der Waals surface area contributed by atoms with Crippen LogP contribution in [0.5, 0.6) is 0 Å². The molecule has 8 heteroatoms. The zero-order chi connectivity index (χ0) is 20.4. The molecule has 0 radical (unpaired) electrons. The summed E-state index contributed by atoms with van der Waals surface area (Å²) in [5.74, 6) is 0.0433. The third-order valence-corrected chi connectivity index (χ3v) is 5.93. The summed E-state index contributed by atoms with van der Waals surface area (Å²) < 4.78 is 0. The number of aliphatic hydroxyl groups excluding tert-OH is 1. The van der Waals surface area contributed by atoms with E-state index in [1.54, 1.807) is 11.8 Å². The van der Waals surface area contributed by atoms with Crippen LogP contribution in [-0.2, 0) is 11.2 Å². The summed E-state index contributed by atoms with van der Waals surface area (Å²) in [6, 6.07) is 13.4. The number of likely N-dealkylation sites (tertiary alicyclic amines) is 1. The van der Waals surface area contributed by atoms with Gasteiger partial charge in [-0.1, -0.05) is 36.0 Å². The summed E-state index contributed by atoms with van der Waals surface area (Å²) >= 11 is 1.20. The topological polar surface area (TPSA) is 99.2 Å². The van der Waals surface area contributed by atoms with Crippen LogP contribution in [0, 0.1) is 12.8 Å². The molecular weight excluding hydrogens is 388 g/mol. The monoisotopic (exact) mass is 410 g/mol. The molecule has 3 heterocycles. The van der Waals surface area contributed by atoms with Gasteiger partial charge in [0, 0.05) is 41.8 Å². The number of β-amino-alcohol motifs (C(OH)–C–C–N with tert-alkyl or cyclic N) is 1. The van der Waals surface area contributed by atoms with E-state index in [-0.39, 0.29) is 23.1 Å². The first-order valence-electron chi connectivity index (χ1n) is 9.49. The summed E-state index contributed by atoms with van der Waals surface area (Å²) in [7, 11) is 0. The molecule has 4 rings (SSSR count). The number of rotatable bonds is 5. The highest BCUT2D eigenvalue weighted by Crippen LogP contribution is 2.23. The van der Waals surface area contributed by atoms with Crippen LogP contribution in [0.15, 0.2) is 52.4 Å². The largest absolute Gasteiger partial charge is 0.391 e. The highest BCUT2D eigenvalue weighted by atomic mass is 32.2. The number of hydrogen-bond donors (Lipinski definition) is 2. The van der Waals surface area contributed by atoms with Gasteiger partial charge in [-0.25, -0.2) is 4.98 Å². The molecule has 0 unspecified atom stereocenters. The lowest BCUT2D eigenvalue weighted by molar-refractivity contribution is -0.127. The van der Waals surface area contributed by atoms with Gasteiger partial charge in [0.2, 0.25) is 5.91 Å². The van der Waals surface area contributed by atoms with Crippen molar-refractivity contribution in [2.75, 3.05) is 18.8 Å². The molecule has 150 valence electrons. The molecule has 1 fully saturated rings. The summed E-state index contributed by atoms with van der Waals surface area (Å²) in [4.78, 5) is 37.3. The number of aryl methyl sites for hydroxylation is 1. The number of para-hydroxylation sites is 1. The molecule has 2 N–H and O–H groups in total. The average Bonchev–Trinajstić information content (AvgIpc) is 3.06. The minimum atomic E-state index is -0.575. The van der Waals surface area contributed by atoms with Gasteiger partial charge < -0.3 is 15.0 Å². The Morgan fingerprint density at radius 1 is 1.24 bits per heavy atom. The van der Waals surface area contributed by atoms with Gasteiger partial charge in [0.05, 0.1) is 17.4 Å². The Labute approximate surface area is 172 Å². The number of benzene rings is 1. The van der Waals surface area contributed by atoms with Crippen molar-refractivity contribution in [2.24, 2.45) is 5.92 Å². The third kappa shape index (κ3) is 4.65. The molecule has 29 heavy (non-hydrogen) atoms. The Kier molecular flexibility index (Phi) is 5.64. The quantitative estimate of drug-likeness (QED) is 0.491. The molecule has 0 saturated carbocycles. The number of thioether (sulfide) groups is 1. The zero-order valence-electron chi connectivity index (χ0n) is 16.0. The van der Waals surface area contributed by atoms with Gasteiger partial charge in [-0.2, -0.15) is 0 Å². The first kappa shape index (κ1) is 19.6. The van der Waals surface area contributed by atoms with Crippen LogP contribution in [0.4, 0.5) is 0 Å². The molecule has 1 aromatic carbocycles. The summed E-state index contributed by atoms with van der Waals surface area (Å²) in [6.45, 7) is 2.55. The van der Waals surface area contributed by atoms with Gasteiger partial charge in [-0.05, 0) is 25.5 Å². The summed E-state index contributed by atoms with van der Waals surface area (Å²) in [5, 5.41) is 12.0. The van der Waals surface area contributed by atoms with Crippen molar-refractivity contribution in [3.8, 4) is 0 Å². The second-order valence-corrected chi connectivity index (χ2v) is 8.27. The van der Waals surface area contributed by atoms with Crippen LogP contribution in [0.3, 0.4) is 0 Å². The highest BCUT2D eigenvalue weighted by molar-refractivity contribution is 7.99. The standard InChI is InChI=1S/C21H22N4O3S/c1-13-8-19(27)24-21(22-13)29-12-20(28)25-10-15(18(26)11-25)9-16-7-6-14-4-2-3-5-17(14)23-16/h2-8,15,18,26H,9-12H2,1H3,(H,22,24,27)/t15-,18-/m1/s1. The van der Waals surface area contributed by atoms with Gasteiger partial charge in [0.1, 0.15) is 0 Å². The predicted molar refractivity (Wildman–Crippen MR) is 112 cm³/mol. The third-order valence-electron chi connectivity index (χ3n) is 5.07. The Hall–Kier alpha value is -2.71. The molecule has 3 aromatic rings. The van der Waals surface area contributed by atoms with Crippen molar-refractivity contribution in [3.63, 3.8) is 0 Å². The van der Waals surface area contributed by atoms with Gasteiger partial charge in [-0.3, -0.25) is 14.6 Å². The van der Waals surface area contributed by atoms with Gasteiger partial charge in [0.25, 0.3) is 5.56 Å². The molecule has 7 nitrogen and oxygen atoms in total. The molecule has 0 bridgehead atoms. The minimum Gasteiger partial charge on any atom is -0.391 e. The lowest BCUT2D eigenvalue weighted by Crippen LogP contribution is -2.31. The van der Waals surface area contributed by atoms with Crippen molar-refractivity contribution < 1.29 is 9.90 Å². The van der Waals surface area contributed by atoms with Crippen molar-refractivity contribution in [2.45, 2.75) is 24.6 Å². The maximum absolute atomic E-state index is 12.6. The molecule has 1 saturated heterocycles. The Balaban J connectivity index is 1.37. The number of aliphatic hydroxyl groups is 1. The number of H-pyrrole nitrogens is 1. The van der Waals surface area contributed by atoms with E-state index < -0.39 is 6.10 Å². The number of aromatic amines is 1. The maximum atomic E-state index is 12.6. The van der Waals surface area contributed by atoms with Crippen LogP contribution in [-0.4, -0.2) is 55.8 Å². The number of carbonyl (C=O) groups excluding carboxylic acids is 1. The SMILES string of the molecule is Cc1cc(=O)[nH]c(SCC(=O)N2C[C@@H](Cc3ccc4ccccc4n3)[C@H](O)C2)n1. The van der Waals surface area contributed by atoms with Crippen LogP contribution in [0.25, 0.3) is 10.9 Å². The molecule has 2 atom stereocenters. The van der Waals surface area contributed by atoms with Gasteiger partial charge >= 0.3 is 0 Å². The number of hydrogen-bond acceptors (Lipinski definition) is 6. The Bertz CT molecular complexity index is 1100. The highest BCUT2D eigenvalue weighted by Gasteiger charge is 2.34. The number of aromatic nitrogens is 3. The molecule has 1 aliphatic heterocycles. The molecule has 0 spiro atoms. The van der Waals surface area contributed by atoms with E-state index in [1.807, 2.05) is 36.4 Å². The van der Waals surface area contributed by atoms with E-state index in [0.29, 0.717) is 30.4 Å². The predicted octanol–water partition coefficient (Wildman–Crippen LogP) is 1.78. The second-order valence-electron chi connectivity index (χ2n) is 7.31. The van der Waals surface area contributed by atoms with Crippen LogP contribution < -0.4 is 5.56 Å². The number of amides is 1. The first-order valence-corrected chi connectivity index (χ1v) is 10.5. The zero-order valence-corrected chi connectivity index (χ0v) is 16.9. The van der Waals surface area contributed by atoms with E-state index in [9.17, 15) is 14.7 Å². The molecule has 2 aromatic heterocycles. The van der Waals surface area contributed by atoms with Gasteiger partial charge in [0.15, 0.2) is 5.16 Å². The fraction of sp³-hybridized carbons (Fsp3) is 0.333. The van der Waals surface area contributed by atoms with Gasteiger partial charge in [-0.15, -0.1) is 0 Å². The van der Waals surface area contributed by atoms with E-state index >= 15 is 0 Å². The van der Waals surface area contributed by atoms with E-state index in [4.69, 9.17) is 0 Å². The molecule has 1 aliphatic rings. The minimum absolute atomic E-state index is 0.0467. The molecule has 0 aliphatic carbocycles. The Morgan fingerprint density at radius 3 is 2.90 bits per heavy atom. The van der Waals surface area contributed by atoms with Crippen LogP contribution >= 0.6 is 11.8 Å². The van der Waals surface area contributed by atoms with Crippen molar-refractivity contribution in [1.82, 2.24) is 19.9 Å². The lowest BCUT2D eigenvalue weighted by atomic mass is 9.99. The fourth-order valence-electron chi connectivity index (χ4n) is 3.59. The fourth-order valence-corrected chi connectivity index (χ4v) is 4.41. The van der Waals surface area contributed by atoms with Crippen LogP contribution in [0.2, 0.25) is 0 Å². The number of nitrogens with zero attached hydrogens (tertiary/aromatic N) is 3. The first-order chi connectivity index (χ1) is 14.0. The van der Waals surface area contributed by atoms with Crippen molar-refractivity contribution >= 4 is 28.6 Å². The van der Waals surface area contributed by atoms with E-state index in [0.717, 1.165) is 16.6 Å². The summed E-state index contributed by atoms with van der Waals surface area (Å²) in [5.41, 5.74) is 2.23. The number of pyridine rings is 1. The lowest BCUT2D eigenvalue weighted by Gasteiger charge is -2.16. The number of fused-ring (bicyclic) bond motifs is 1. The molecule has 1 amide bonds. The smallest absolute Gasteiger partial charge is 0.251 e. The normalized spacial score (nSPS) is 19.0. The van der Waals surface area contributed by atoms with Crippen molar-refractivity contribution in [3.05, 3.63) is 64.2 Å². The maximum Gasteiger partial charge on any atom is 0.251 e. The van der Waals surface area contributed by atoms with Crippen LogP contribution in [0.1, 0.15) is 11.4 Å². The second kappa shape index (κ2) is 8.34. The summed E-state index contributed by atoms with van der Waals surface area (Å²) in [6.07, 6.45) is 0.0458. The number of carbonyl (C=O) groups is 1. The molecular formula is C21H22N4O3S. The van der Waals surface area contributed by atoms with E-state index in [2.05, 4.69) is 15.0 Å². The van der Waals surface area contributed by atoms with Crippen molar-refractivity contribution in [1.29, 1.82) is 0 Å². The van der Waals surface area contributed by atoms with E-state index in [1.165, 1.54) is 17.8 Å². The Morgan fingerprint density at radius 2 is 2.07 bits per heavy atom.